The molecule has 2 aliphatic rings. The lowest BCUT2D eigenvalue weighted by molar-refractivity contribution is 0.0457. The highest BCUT2D eigenvalue weighted by atomic mass is 16.5. The lowest BCUT2D eigenvalue weighted by atomic mass is 9.79. The summed E-state index contributed by atoms with van der Waals surface area (Å²) in [5, 5.41) is 4.39. The molecule has 3 rings (SSSR count). The zero-order valence-corrected chi connectivity index (χ0v) is 12.3. The van der Waals surface area contributed by atoms with Crippen molar-refractivity contribution in [3.8, 4) is 0 Å². The Kier molecular flexibility index (Phi) is 3.54. The third-order valence-electron chi connectivity index (χ3n) is 4.49. The van der Waals surface area contributed by atoms with Crippen molar-refractivity contribution < 1.29 is 9.53 Å². The van der Waals surface area contributed by atoms with Crippen molar-refractivity contribution in [2.45, 2.75) is 39.2 Å². The summed E-state index contributed by atoms with van der Waals surface area (Å²) in [7, 11) is 0. The molecule has 2 aliphatic heterocycles. The van der Waals surface area contributed by atoms with Gasteiger partial charge in [0.25, 0.3) is 5.91 Å². The van der Waals surface area contributed by atoms with Gasteiger partial charge in [-0.2, -0.15) is 5.10 Å². The number of nitrogens with zero attached hydrogens (tertiary/aromatic N) is 3. The maximum atomic E-state index is 12.6. The Morgan fingerprint density at radius 3 is 2.95 bits per heavy atom. The zero-order chi connectivity index (χ0) is 14.2. The van der Waals surface area contributed by atoms with E-state index in [-0.39, 0.29) is 17.4 Å². The third kappa shape index (κ3) is 2.46. The molecule has 0 radical (unpaired) electrons. The summed E-state index contributed by atoms with van der Waals surface area (Å²) in [6.07, 6.45) is 5.21. The number of carbonyl (C=O) groups is 1. The average molecular weight is 277 g/mol. The number of aromatic nitrogens is 2. The van der Waals surface area contributed by atoms with E-state index >= 15 is 0 Å². The van der Waals surface area contributed by atoms with Gasteiger partial charge in [-0.3, -0.25) is 9.48 Å². The number of hydrogen-bond acceptors (Lipinski definition) is 3. The number of carbonyl (C=O) groups excluding carboxylic acids is 1. The van der Waals surface area contributed by atoms with Gasteiger partial charge >= 0.3 is 0 Å². The van der Waals surface area contributed by atoms with Crippen LogP contribution in [-0.2, 0) is 4.74 Å². The molecular formula is C15H23N3O2. The Morgan fingerprint density at radius 2 is 2.30 bits per heavy atom. The Bertz CT molecular complexity index is 489. The molecule has 1 atom stereocenters. The van der Waals surface area contributed by atoms with E-state index in [0.717, 1.165) is 39.1 Å². The summed E-state index contributed by atoms with van der Waals surface area (Å²) in [4.78, 5) is 14.5. The molecular weight excluding hydrogens is 254 g/mol. The van der Waals surface area contributed by atoms with E-state index in [9.17, 15) is 4.79 Å². The molecule has 1 aromatic rings. The minimum Gasteiger partial charge on any atom is -0.381 e. The van der Waals surface area contributed by atoms with Crippen molar-refractivity contribution in [3.05, 3.63) is 18.0 Å². The zero-order valence-electron chi connectivity index (χ0n) is 12.3. The van der Waals surface area contributed by atoms with Crippen molar-refractivity contribution in [3.63, 3.8) is 0 Å². The molecule has 0 N–H and O–H groups in total. The molecule has 0 unspecified atom stereocenters. The standard InChI is InChI=1S/C15H23N3O2/c1-12(2)18-8-4-13(16-18)14(19)17-7-3-5-15(10-17)6-9-20-11-15/h4,8,12H,3,5-7,9-11H2,1-2H3/t15-/m1/s1. The van der Waals surface area contributed by atoms with Gasteiger partial charge in [0.15, 0.2) is 0 Å². The lowest BCUT2D eigenvalue weighted by Gasteiger charge is -2.39. The fraction of sp³-hybridized carbons (Fsp3) is 0.733. The first kappa shape index (κ1) is 13.6. The Hall–Kier alpha value is -1.36. The SMILES string of the molecule is CC(C)n1ccc(C(=O)N2CCC[C@@]3(CCOC3)C2)n1. The summed E-state index contributed by atoms with van der Waals surface area (Å²) in [6, 6.07) is 2.11. The molecule has 2 saturated heterocycles. The van der Waals surface area contributed by atoms with Crippen LogP contribution in [0.5, 0.6) is 0 Å². The van der Waals surface area contributed by atoms with Gasteiger partial charge in [0.05, 0.1) is 6.61 Å². The van der Waals surface area contributed by atoms with Gasteiger partial charge in [-0.25, -0.2) is 0 Å². The van der Waals surface area contributed by atoms with Crippen LogP contribution in [0.15, 0.2) is 12.3 Å². The molecule has 1 aromatic heterocycles. The third-order valence-corrected chi connectivity index (χ3v) is 4.49. The molecule has 0 saturated carbocycles. The van der Waals surface area contributed by atoms with Gasteiger partial charge in [0.2, 0.25) is 0 Å². The largest absolute Gasteiger partial charge is 0.381 e. The van der Waals surface area contributed by atoms with Crippen LogP contribution in [0, 0.1) is 5.41 Å². The van der Waals surface area contributed by atoms with Gasteiger partial charge in [-0.1, -0.05) is 0 Å². The Labute approximate surface area is 119 Å². The fourth-order valence-corrected chi connectivity index (χ4v) is 3.25. The number of piperidine rings is 1. The van der Waals surface area contributed by atoms with E-state index in [1.807, 2.05) is 21.8 Å². The number of likely N-dealkylation sites (tertiary alicyclic amines) is 1. The van der Waals surface area contributed by atoms with E-state index in [0.29, 0.717) is 5.69 Å². The lowest BCUT2D eigenvalue weighted by Crippen LogP contribution is -2.46. The maximum absolute atomic E-state index is 12.6. The molecule has 110 valence electrons. The van der Waals surface area contributed by atoms with Gasteiger partial charge in [-0.15, -0.1) is 0 Å². The monoisotopic (exact) mass is 277 g/mol. The van der Waals surface area contributed by atoms with E-state index in [4.69, 9.17) is 4.74 Å². The quantitative estimate of drug-likeness (QED) is 0.832. The van der Waals surface area contributed by atoms with Crippen LogP contribution < -0.4 is 0 Å². The Balaban J connectivity index is 1.72. The second-order valence-electron chi connectivity index (χ2n) is 6.41. The minimum atomic E-state index is 0.0652. The van der Waals surface area contributed by atoms with Gasteiger partial charge in [0.1, 0.15) is 5.69 Å². The summed E-state index contributed by atoms with van der Waals surface area (Å²) < 4.78 is 7.39. The van der Waals surface area contributed by atoms with Crippen molar-refractivity contribution in [1.29, 1.82) is 0 Å². The van der Waals surface area contributed by atoms with Crippen LogP contribution in [0.3, 0.4) is 0 Å². The molecule has 1 amide bonds. The topological polar surface area (TPSA) is 47.4 Å². The highest BCUT2D eigenvalue weighted by molar-refractivity contribution is 5.92. The van der Waals surface area contributed by atoms with Crippen molar-refractivity contribution in [1.82, 2.24) is 14.7 Å². The van der Waals surface area contributed by atoms with Crippen molar-refractivity contribution >= 4 is 5.91 Å². The molecule has 20 heavy (non-hydrogen) atoms. The molecule has 0 bridgehead atoms. The van der Waals surface area contributed by atoms with Crippen molar-refractivity contribution in [2.24, 2.45) is 5.41 Å². The van der Waals surface area contributed by atoms with Crippen LogP contribution in [0.2, 0.25) is 0 Å². The van der Waals surface area contributed by atoms with Crippen LogP contribution in [0.1, 0.15) is 49.6 Å². The smallest absolute Gasteiger partial charge is 0.274 e. The molecule has 5 heteroatoms. The van der Waals surface area contributed by atoms with E-state index in [1.54, 1.807) is 0 Å². The van der Waals surface area contributed by atoms with Crippen LogP contribution in [0.4, 0.5) is 0 Å². The highest BCUT2D eigenvalue weighted by Gasteiger charge is 2.40. The summed E-state index contributed by atoms with van der Waals surface area (Å²) in [5.41, 5.74) is 0.767. The van der Waals surface area contributed by atoms with Gasteiger partial charge < -0.3 is 9.64 Å². The molecule has 0 aromatic carbocycles. The van der Waals surface area contributed by atoms with Crippen molar-refractivity contribution in [2.75, 3.05) is 26.3 Å². The highest BCUT2D eigenvalue weighted by Crippen LogP contribution is 2.37. The predicted molar refractivity (Wildman–Crippen MR) is 75.6 cm³/mol. The van der Waals surface area contributed by atoms with E-state index < -0.39 is 0 Å². The van der Waals surface area contributed by atoms with E-state index in [1.165, 1.54) is 6.42 Å². The summed E-state index contributed by atoms with van der Waals surface area (Å²) >= 11 is 0. The second kappa shape index (κ2) is 5.20. The predicted octanol–water partition coefficient (Wildman–Crippen LogP) is 2.11. The number of amides is 1. The van der Waals surface area contributed by atoms with Gasteiger partial charge in [-0.05, 0) is 39.2 Å². The van der Waals surface area contributed by atoms with Gasteiger partial charge in [0, 0.05) is 37.4 Å². The summed E-state index contributed by atoms with van der Waals surface area (Å²) in [6.45, 7) is 7.43. The second-order valence-corrected chi connectivity index (χ2v) is 6.41. The first-order valence-electron chi connectivity index (χ1n) is 7.52. The molecule has 0 aliphatic carbocycles. The van der Waals surface area contributed by atoms with E-state index in [2.05, 4.69) is 18.9 Å². The summed E-state index contributed by atoms with van der Waals surface area (Å²) in [5.74, 6) is 0.0652. The minimum absolute atomic E-state index is 0.0652. The molecule has 2 fully saturated rings. The number of hydrogen-bond donors (Lipinski definition) is 0. The molecule has 5 nitrogen and oxygen atoms in total. The fourth-order valence-electron chi connectivity index (χ4n) is 3.25. The number of ether oxygens (including phenoxy) is 1. The Morgan fingerprint density at radius 1 is 1.45 bits per heavy atom. The average Bonchev–Trinajstić information content (AvgIpc) is 3.08. The normalized spacial score (nSPS) is 26.6. The molecule has 3 heterocycles. The van der Waals surface area contributed by atoms with Crippen LogP contribution in [-0.4, -0.2) is 46.9 Å². The first-order valence-corrected chi connectivity index (χ1v) is 7.52. The maximum Gasteiger partial charge on any atom is 0.274 e. The molecule has 1 spiro atoms. The van der Waals surface area contributed by atoms with Crippen LogP contribution in [0.25, 0.3) is 0 Å². The number of rotatable bonds is 2. The first-order chi connectivity index (χ1) is 9.60. The van der Waals surface area contributed by atoms with Crippen LogP contribution >= 0.6 is 0 Å².